The van der Waals surface area contributed by atoms with Crippen molar-refractivity contribution < 1.29 is 5.11 Å². The minimum atomic E-state index is -0.385. The molecule has 0 aromatic carbocycles. The molecule has 2 nitrogen and oxygen atoms in total. The van der Waals surface area contributed by atoms with Gasteiger partial charge in [-0.3, -0.25) is 0 Å². The van der Waals surface area contributed by atoms with E-state index < -0.39 is 0 Å². The average Bonchev–Trinajstić information content (AvgIpc) is 2.84. The van der Waals surface area contributed by atoms with Crippen molar-refractivity contribution in [2.24, 2.45) is 11.8 Å². The van der Waals surface area contributed by atoms with Crippen molar-refractivity contribution in [3.05, 3.63) is 0 Å². The van der Waals surface area contributed by atoms with E-state index in [1.165, 1.54) is 32.1 Å². The van der Waals surface area contributed by atoms with Gasteiger partial charge >= 0.3 is 0 Å². The molecule has 0 amide bonds. The van der Waals surface area contributed by atoms with Crippen molar-refractivity contribution in [2.45, 2.75) is 70.4 Å². The van der Waals surface area contributed by atoms with Gasteiger partial charge in [0.1, 0.15) is 0 Å². The van der Waals surface area contributed by atoms with E-state index in [4.69, 9.17) is 0 Å². The maximum absolute atomic E-state index is 10.3. The van der Waals surface area contributed by atoms with Gasteiger partial charge in [0.05, 0.1) is 5.60 Å². The lowest BCUT2D eigenvalue weighted by Gasteiger charge is -2.27. The lowest BCUT2D eigenvalue weighted by Crippen LogP contribution is -2.44. The smallest absolute Gasteiger partial charge is 0.0771 e. The van der Waals surface area contributed by atoms with Gasteiger partial charge in [-0.1, -0.05) is 33.1 Å². The zero-order valence-electron chi connectivity index (χ0n) is 10.8. The van der Waals surface area contributed by atoms with Gasteiger partial charge in [0.25, 0.3) is 0 Å². The predicted octanol–water partition coefficient (Wildman–Crippen LogP) is 2.71. The third-order valence-electron chi connectivity index (χ3n) is 4.98. The summed E-state index contributed by atoms with van der Waals surface area (Å²) >= 11 is 0. The lowest BCUT2D eigenvalue weighted by atomic mass is 9.93. The monoisotopic (exact) mass is 225 g/mol. The van der Waals surface area contributed by atoms with Crippen LogP contribution < -0.4 is 5.32 Å². The van der Waals surface area contributed by atoms with Crippen LogP contribution in [0.5, 0.6) is 0 Å². The van der Waals surface area contributed by atoms with E-state index in [1.807, 2.05) is 0 Å². The standard InChI is InChI=1S/C14H27NO/c1-3-12-6-7-13(11(12)2)15-10-14(16)8-4-5-9-14/h11-13,15-16H,3-10H2,1-2H3. The molecule has 0 aromatic heterocycles. The molecule has 2 N–H and O–H groups in total. The molecule has 3 unspecified atom stereocenters. The summed E-state index contributed by atoms with van der Waals surface area (Å²) in [7, 11) is 0. The maximum Gasteiger partial charge on any atom is 0.0771 e. The van der Waals surface area contributed by atoms with Crippen molar-refractivity contribution in [1.82, 2.24) is 5.32 Å². The highest BCUT2D eigenvalue weighted by atomic mass is 16.3. The van der Waals surface area contributed by atoms with Crippen molar-refractivity contribution in [1.29, 1.82) is 0 Å². The summed E-state index contributed by atoms with van der Waals surface area (Å²) in [6, 6.07) is 0.648. The molecule has 2 heteroatoms. The number of rotatable bonds is 4. The van der Waals surface area contributed by atoms with E-state index in [0.717, 1.165) is 31.2 Å². The van der Waals surface area contributed by atoms with Crippen LogP contribution in [-0.2, 0) is 0 Å². The van der Waals surface area contributed by atoms with Crippen LogP contribution in [0.15, 0.2) is 0 Å². The Morgan fingerprint density at radius 2 is 1.94 bits per heavy atom. The Labute approximate surface area is 99.8 Å². The second-order valence-corrected chi connectivity index (χ2v) is 6.02. The normalized spacial score (nSPS) is 38.1. The summed E-state index contributed by atoms with van der Waals surface area (Å²) in [4.78, 5) is 0. The van der Waals surface area contributed by atoms with Gasteiger partial charge < -0.3 is 10.4 Å². The molecule has 2 rings (SSSR count). The Bertz CT molecular complexity index is 223. The van der Waals surface area contributed by atoms with Crippen LogP contribution in [0.25, 0.3) is 0 Å². The van der Waals surface area contributed by atoms with Gasteiger partial charge in [0, 0.05) is 12.6 Å². The quantitative estimate of drug-likeness (QED) is 0.771. The van der Waals surface area contributed by atoms with E-state index in [1.54, 1.807) is 0 Å². The van der Waals surface area contributed by atoms with Gasteiger partial charge in [0.2, 0.25) is 0 Å². The summed E-state index contributed by atoms with van der Waals surface area (Å²) in [6.07, 6.45) is 8.38. The third-order valence-corrected chi connectivity index (χ3v) is 4.98. The Balaban J connectivity index is 1.78. The minimum absolute atomic E-state index is 0.385. The highest BCUT2D eigenvalue weighted by Gasteiger charge is 2.35. The largest absolute Gasteiger partial charge is 0.389 e. The molecule has 0 saturated heterocycles. The van der Waals surface area contributed by atoms with Crippen molar-refractivity contribution in [3.63, 3.8) is 0 Å². The summed E-state index contributed by atoms with van der Waals surface area (Å²) in [5.41, 5.74) is -0.385. The second kappa shape index (κ2) is 5.05. The van der Waals surface area contributed by atoms with E-state index in [0.29, 0.717) is 6.04 Å². The van der Waals surface area contributed by atoms with Gasteiger partial charge in [-0.2, -0.15) is 0 Å². The Morgan fingerprint density at radius 3 is 2.50 bits per heavy atom. The van der Waals surface area contributed by atoms with Crippen molar-refractivity contribution in [3.8, 4) is 0 Å². The summed E-state index contributed by atoms with van der Waals surface area (Å²) in [5, 5.41) is 13.9. The van der Waals surface area contributed by atoms with E-state index in [-0.39, 0.29) is 5.60 Å². The molecule has 0 aromatic rings. The molecule has 2 fully saturated rings. The van der Waals surface area contributed by atoms with Gasteiger partial charge in [-0.05, 0) is 37.5 Å². The fourth-order valence-electron chi connectivity index (χ4n) is 3.64. The number of hydrogen-bond donors (Lipinski definition) is 2. The van der Waals surface area contributed by atoms with Gasteiger partial charge in [-0.25, -0.2) is 0 Å². The van der Waals surface area contributed by atoms with Crippen LogP contribution >= 0.6 is 0 Å². The van der Waals surface area contributed by atoms with Crippen LogP contribution in [0.1, 0.15) is 58.8 Å². The number of hydrogen-bond acceptors (Lipinski definition) is 2. The van der Waals surface area contributed by atoms with Crippen LogP contribution in [0.4, 0.5) is 0 Å². The molecule has 2 aliphatic carbocycles. The summed E-state index contributed by atoms with van der Waals surface area (Å²) < 4.78 is 0. The molecule has 2 saturated carbocycles. The second-order valence-electron chi connectivity index (χ2n) is 6.02. The first-order valence-corrected chi connectivity index (χ1v) is 7.10. The maximum atomic E-state index is 10.3. The van der Waals surface area contributed by atoms with Crippen LogP contribution in [0.3, 0.4) is 0 Å². The molecular formula is C14H27NO. The first-order chi connectivity index (χ1) is 7.64. The van der Waals surface area contributed by atoms with E-state index >= 15 is 0 Å². The fraction of sp³-hybridized carbons (Fsp3) is 1.00. The first kappa shape index (κ1) is 12.4. The Morgan fingerprint density at radius 1 is 1.25 bits per heavy atom. The summed E-state index contributed by atoms with van der Waals surface area (Å²) in [5.74, 6) is 1.69. The predicted molar refractivity (Wildman–Crippen MR) is 67.4 cm³/mol. The van der Waals surface area contributed by atoms with Crippen LogP contribution in [-0.4, -0.2) is 23.3 Å². The zero-order valence-corrected chi connectivity index (χ0v) is 10.8. The van der Waals surface area contributed by atoms with Crippen molar-refractivity contribution >= 4 is 0 Å². The molecule has 3 atom stereocenters. The topological polar surface area (TPSA) is 32.3 Å². The molecular weight excluding hydrogens is 198 g/mol. The summed E-state index contributed by atoms with van der Waals surface area (Å²) in [6.45, 7) is 5.49. The van der Waals surface area contributed by atoms with E-state index in [9.17, 15) is 5.11 Å². The molecule has 0 radical (unpaired) electrons. The first-order valence-electron chi connectivity index (χ1n) is 7.10. The fourth-order valence-corrected chi connectivity index (χ4v) is 3.64. The Hall–Kier alpha value is -0.0800. The molecule has 0 spiro atoms. The molecule has 0 aliphatic heterocycles. The number of nitrogens with one attached hydrogen (secondary N) is 1. The van der Waals surface area contributed by atoms with Gasteiger partial charge in [0.15, 0.2) is 0 Å². The molecule has 2 aliphatic rings. The molecule has 0 heterocycles. The molecule has 0 bridgehead atoms. The highest BCUT2D eigenvalue weighted by Crippen LogP contribution is 2.35. The molecule has 16 heavy (non-hydrogen) atoms. The minimum Gasteiger partial charge on any atom is -0.389 e. The molecule has 94 valence electrons. The zero-order chi connectivity index (χ0) is 11.6. The SMILES string of the molecule is CCC1CCC(NCC2(O)CCCC2)C1C. The highest BCUT2D eigenvalue weighted by molar-refractivity contribution is 4.91. The number of aliphatic hydroxyl groups is 1. The van der Waals surface area contributed by atoms with Crippen LogP contribution in [0, 0.1) is 11.8 Å². The average molecular weight is 225 g/mol. The van der Waals surface area contributed by atoms with E-state index in [2.05, 4.69) is 19.2 Å². The lowest BCUT2D eigenvalue weighted by molar-refractivity contribution is 0.0433. The van der Waals surface area contributed by atoms with Gasteiger partial charge in [-0.15, -0.1) is 0 Å². The van der Waals surface area contributed by atoms with Crippen molar-refractivity contribution in [2.75, 3.05) is 6.54 Å². The Kier molecular flexibility index (Phi) is 3.91. The third kappa shape index (κ3) is 2.60. The van der Waals surface area contributed by atoms with Crippen LogP contribution in [0.2, 0.25) is 0 Å².